The molecule has 0 spiro atoms. The van der Waals surface area contributed by atoms with E-state index in [0.29, 0.717) is 31.0 Å². The highest BCUT2D eigenvalue weighted by molar-refractivity contribution is 5.58. The Hall–Kier alpha value is -1.78. The van der Waals surface area contributed by atoms with Crippen LogP contribution in [0, 0.1) is 5.82 Å². The average molecular weight is 240 g/mol. The fraction of sp³-hybridized carbons (Fsp3) is 0.417. The number of fused-ring (bicyclic) bond motifs is 1. The van der Waals surface area contributed by atoms with Crippen LogP contribution >= 0.6 is 0 Å². The average Bonchev–Trinajstić information content (AvgIpc) is 2.31. The topological polar surface area (TPSA) is 55.8 Å². The molecule has 1 heterocycles. The van der Waals surface area contributed by atoms with Gasteiger partial charge in [-0.1, -0.05) is 6.92 Å². The van der Waals surface area contributed by atoms with Crippen LogP contribution in [0.3, 0.4) is 0 Å². The molecule has 0 amide bonds. The molecule has 5 heteroatoms. The van der Waals surface area contributed by atoms with Gasteiger partial charge >= 0.3 is 0 Å². The van der Waals surface area contributed by atoms with E-state index in [1.165, 1.54) is 6.07 Å². The number of aldehydes is 1. The van der Waals surface area contributed by atoms with Crippen LogP contribution in [0.5, 0.6) is 17.2 Å². The van der Waals surface area contributed by atoms with E-state index in [1.54, 1.807) is 6.92 Å². The zero-order chi connectivity index (χ0) is 12.4. The van der Waals surface area contributed by atoms with Gasteiger partial charge in [0, 0.05) is 18.1 Å². The Labute approximate surface area is 98.0 Å². The lowest BCUT2D eigenvalue weighted by Crippen LogP contribution is -2.18. The predicted octanol–water partition coefficient (Wildman–Crippen LogP) is 1.99. The molecular formula is C12H13FO4. The van der Waals surface area contributed by atoms with Crippen molar-refractivity contribution in [1.29, 1.82) is 0 Å². The summed E-state index contributed by atoms with van der Waals surface area (Å²) in [4.78, 5) is 10.5. The van der Waals surface area contributed by atoms with E-state index in [0.717, 1.165) is 0 Å². The monoisotopic (exact) mass is 240 g/mol. The Morgan fingerprint density at radius 2 is 2.24 bits per heavy atom. The third-order valence-corrected chi connectivity index (χ3v) is 2.73. The number of aromatic hydroxyl groups is 1. The summed E-state index contributed by atoms with van der Waals surface area (Å²) in [6, 6.07) is 1.20. The van der Waals surface area contributed by atoms with Gasteiger partial charge < -0.3 is 19.4 Å². The molecule has 0 saturated heterocycles. The maximum Gasteiger partial charge on any atom is 0.172 e. The number of carbonyl (C=O) groups excluding carboxylic acids is 1. The quantitative estimate of drug-likeness (QED) is 0.821. The number of phenolic OH excluding ortho intramolecular Hbond substituents is 1. The molecule has 1 aliphatic rings. The van der Waals surface area contributed by atoms with Crippen molar-refractivity contribution in [3.63, 3.8) is 0 Å². The van der Waals surface area contributed by atoms with Gasteiger partial charge in [0.2, 0.25) is 0 Å². The van der Waals surface area contributed by atoms with Crippen LogP contribution in [0.15, 0.2) is 6.07 Å². The van der Waals surface area contributed by atoms with Crippen molar-refractivity contribution in [2.75, 3.05) is 13.2 Å². The molecule has 1 aromatic rings. The highest BCUT2D eigenvalue weighted by atomic mass is 19.1. The summed E-state index contributed by atoms with van der Waals surface area (Å²) in [5, 5.41) is 9.47. The fourth-order valence-electron chi connectivity index (χ4n) is 1.88. The van der Waals surface area contributed by atoms with Crippen LogP contribution in [0.25, 0.3) is 0 Å². The van der Waals surface area contributed by atoms with Crippen LogP contribution < -0.4 is 9.47 Å². The summed E-state index contributed by atoms with van der Waals surface area (Å²) >= 11 is 0. The van der Waals surface area contributed by atoms with Gasteiger partial charge in [0.25, 0.3) is 0 Å². The van der Waals surface area contributed by atoms with Gasteiger partial charge in [0.05, 0.1) is 0 Å². The molecule has 17 heavy (non-hydrogen) atoms. The molecular weight excluding hydrogens is 227 g/mol. The number of hydrogen-bond donors (Lipinski definition) is 1. The molecule has 2 rings (SSSR count). The van der Waals surface area contributed by atoms with Crippen LogP contribution in [0.1, 0.15) is 24.8 Å². The molecule has 0 saturated carbocycles. The second-order valence-corrected chi connectivity index (χ2v) is 3.95. The van der Waals surface area contributed by atoms with Crippen LogP contribution in [0.4, 0.5) is 4.39 Å². The van der Waals surface area contributed by atoms with Gasteiger partial charge in [0.1, 0.15) is 19.5 Å². The van der Waals surface area contributed by atoms with E-state index >= 15 is 0 Å². The Kier molecular flexibility index (Phi) is 3.17. The van der Waals surface area contributed by atoms with Crippen LogP contribution in [-0.4, -0.2) is 24.6 Å². The number of benzene rings is 1. The molecule has 1 N–H and O–H groups in total. The Balaban J connectivity index is 2.54. The Morgan fingerprint density at radius 3 is 2.94 bits per heavy atom. The molecule has 1 aliphatic heterocycles. The summed E-state index contributed by atoms with van der Waals surface area (Å²) < 4.78 is 24.5. The summed E-state index contributed by atoms with van der Waals surface area (Å²) in [5.41, 5.74) is 0.201. The molecule has 0 aromatic heterocycles. The molecule has 92 valence electrons. The summed E-state index contributed by atoms with van der Waals surface area (Å²) in [5.74, 6) is -0.982. The van der Waals surface area contributed by atoms with E-state index in [-0.39, 0.29) is 17.9 Å². The third-order valence-electron chi connectivity index (χ3n) is 2.73. The summed E-state index contributed by atoms with van der Waals surface area (Å²) in [7, 11) is 0. The van der Waals surface area contributed by atoms with E-state index in [2.05, 4.69) is 0 Å². The van der Waals surface area contributed by atoms with Crippen molar-refractivity contribution in [1.82, 2.24) is 0 Å². The van der Waals surface area contributed by atoms with E-state index in [1.807, 2.05) is 0 Å². The first-order valence-electron chi connectivity index (χ1n) is 5.39. The second-order valence-electron chi connectivity index (χ2n) is 3.95. The summed E-state index contributed by atoms with van der Waals surface area (Å²) in [6.45, 7) is 2.39. The molecule has 0 radical (unpaired) electrons. The molecule has 0 aliphatic carbocycles. The smallest absolute Gasteiger partial charge is 0.172 e. The van der Waals surface area contributed by atoms with E-state index < -0.39 is 11.6 Å². The minimum atomic E-state index is -0.747. The predicted molar refractivity (Wildman–Crippen MR) is 58.2 cm³/mol. The molecule has 1 atom stereocenters. The zero-order valence-corrected chi connectivity index (χ0v) is 9.40. The van der Waals surface area contributed by atoms with Crippen molar-refractivity contribution in [3.05, 3.63) is 17.4 Å². The molecule has 4 nitrogen and oxygen atoms in total. The lowest BCUT2D eigenvalue weighted by atomic mass is 9.95. The molecule has 1 unspecified atom stereocenters. The van der Waals surface area contributed by atoms with Crippen molar-refractivity contribution in [2.45, 2.75) is 19.3 Å². The van der Waals surface area contributed by atoms with E-state index in [4.69, 9.17) is 9.47 Å². The zero-order valence-electron chi connectivity index (χ0n) is 9.40. The maximum absolute atomic E-state index is 13.9. The molecule has 0 fully saturated rings. The third kappa shape index (κ3) is 2.05. The minimum absolute atomic E-state index is 0.163. The Bertz CT molecular complexity index is 445. The number of rotatable bonds is 3. The maximum atomic E-state index is 13.9. The minimum Gasteiger partial charge on any atom is -0.505 e. The normalized spacial score (nSPS) is 15.4. The van der Waals surface area contributed by atoms with Gasteiger partial charge in [-0.3, -0.25) is 0 Å². The van der Waals surface area contributed by atoms with Gasteiger partial charge in [-0.2, -0.15) is 0 Å². The van der Waals surface area contributed by atoms with Gasteiger partial charge in [-0.15, -0.1) is 0 Å². The fourth-order valence-corrected chi connectivity index (χ4v) is 1.88. The standard InChI is InChI=1S/C12H13FO4/c1-7(2-3-14)10-11(13)8(15)6-9-12(10)17-5-4-16-9/h3,6-7,15H,2,4-5H2,1H3. The second kappa shape index (κ2) is 4.61. The molecule has 1 aromatic carbocycles. The van der Waals surface area contributed by atoms with Gasteiger partial charge in [0.15, 0.2) is 23.1 Å². The van der Waals surface area contributed by atoms with Crippen molar-refractivity contribution < 1.29 is 23.8 Å². The Morgan fingerprint density at radius 1 is 1.53 bits per heavy atom. The lowest BCUT2D eigenvalue weighted by molar-refractivity contribution is -0.108. The first-order valence-corrected chi connectivity index (χ1v) is 5.39. The number of ether oxygens (including phenoxy) is 2. The number of halogens is 1. The van der Waals surface area contributed by atoms with Crippen molar-refractivity contribution in [2.24, 2.45) is 0 Å². The van der Waals surface area contributed by atoms with Crippen molar-refractivity contribution >= 4 is 6.29 Å². The number of phenols is 1. The number of carbonyl (C=O) groups is 1. The van der Waals surface area contributed by atoms with Gasteiger partial charge in [-0.25, -0.2) is 4.39 Å². The first kappa shape index (κ1) is 11.7. The van der Waals surface area contributed by atoms with Gasteiger partial charge in [-0.05, 0) is 5.92 Å². The van der Waals surface area contributed by atoms with Crippen molar-refractivity contribution in [3.8, 4) is 17.2 Å². The number of hydrogen-bond acceptors (Lipinski definition) is 4. The van der Waals surface area contributed by atoms with Crippen LogP contribution in [0.2, 0.25) is 0 Å². The van der Waals surface area contributed by atoms with Crippen LogP contribution in [-0.2, 0) is 4.79 Å². The SMILES string of the molecule is CC(CC=O)c1c(F)c(O)cc2c1OCCO2. The highest BCUT2D eigenvalue weighted by Gasteiger charge is 2.26. The summed E-state index contributed by atoms with van der Waals surface area (Å²) in [6.07, 6.45) is 0.875. The first-order chi connectivity index (χ1) is 8.15. The lowest BCUT2D eigenvalue weighted by Gasteiger charge is -2.24. The molecule has 0 bridgehead atoms. The van der Waals surface area contributed by atoms with E-state index in [9.17, 15) is 14.3 Å². The largest absolute Gasteiger partial charge is 0.505 e. The highest BCUT2D eigenvalue weighted by Crippen LogP contribution is 2.43.